The van der Waals surface area contributed by atoms with Gasteiger partial charge in [0.25, 0.3) is 10.1 Å². The quantitative estimate of drug-likeness (QED) is 0.606. The van der Waals surface area contributed by atoms with Crippen LogP contribution in [0.1, 0.15) is 5.56 Å². The van der Waals surface area contributed by atoms with Gasteiger partial charge in [0, 0.05) is 6.42 Å². The van der Waals surface area contributed by atoms with Crippen molar-refractivity contribution in [3.8, 4) is 6.07 Å². The van der Waals surface area contributed by atoms with E-state index in [0.717, 1.165) is 0 Å². The molecule has 6 heteroatoms. The number of nitrogens with zero attached hydrogens (tertiary/aromatic N) is 1. The summed E-state index contributed by atoms with van der Waals surface area (Å²) in [6.07, 6.45) is 0.0101. The number of nitriles is 1. The van der Waals surface area contributed by atoms with Gasteiger partial charge in [-0.05, 0) is 5.56 Å². The van der Waals surface area contributed by atoms with E-state index < -0.39 is 15.4 Å². The fraction of sp³-hybridized carbons (Fsp3) is 0.222. The predicted molar refractivity (Wildman–Crippen MR) is 58.2 cm³/mol. The summed E-state index contributed by atoms with van der Waals surface area (Å²) < 4.78 is 30.1. The van der Waals surface area contributed by atoms with Crippen LogP contribution in [0.25, 0.3) is 0 Å². The topological polar surface area (TPSA) is 78.2 Å². The predicted octanol–water partition coefficient (Wildman–Crippen LogP) is 0.361. The van der Waals surface area contributed by atoms with Gasteiger partial charge in [0.2, 0.25) is 0 Å². The molecule has 0 bridgehead atoms. The molecule has 0 aliphatic rings. The number of hydrogen-bond acceptors (Lipinski definition) is 3. The van der Waals surface area contributed by atoms with Gasteiger partial charge >= 0.3 is 29.6 Å². The van der Waals surface area contributed by atoms with Gasteiger partial charge in [0.15, 0.2) is 5.25 Å². The van der Waals surface area contributed by atoms with Crippen LogP contribution in [0.5, 0.6) is 0 Å². The van der Waals surface area contributed by atoms with Crippen molar-refractivity contribution in [1.29, 1.82) is 5.26 Å². The summed E-state index contributed by atoms with van der Waals surface area (Å²) in [6.45, 7) is 0. The summed E-state index contributed by atoms with van der Waals surface area (Å²) in [5, 5.41) is 7.15. The Morgan fingerprint density at radius 2 is 1.87 bits per heavy atom. The third kappa shape index (κ3) is 4.78. The molecule has 0 saturated carbocycles. The van der Waals surface area contributed by atoms with Crippen LogP contribution in [0.15, 0.2) is 30.3 Å². The van der Waals surface area contributed by atoms with E-state index in [1.54, 1.807) is 36.4 Å². The number of hydrogen-bond donors (Lipinski definition) is 1. The van der Waals surface area contributed by atoms with Gasteiger partial charge in [0.05, 0.1) is 6.07 Å². The summed E-state index contributed by atoms with van der Waals surface area (Å²) in [5.74, 6) is 0. The third-order valence-electron chi connectivity index (χ3n) is 1.77. The fourth-order valence-corrected chi connectivity index (χ4v) is 1.58. The van der Waals surface area contributed by atoms with Crippen molar-refractivity contribution in [2.45, 2.75) is 11.7 Å². The Kier molecular flexibility index (Phi) is 6.10. The monoisotopic (exact) mass is 235 g/mol. The second kappa shape index (κ2) is 6.26. The molecule has 1 aromatic carbocycles. The van der Waals surface area contributed by atoms with Crippen molar-refractivity contribution >= 4 is 39.7 Å². The molecule has 0 spiro atoms. The Bertz CT molecular complexity index is 438. The summed E-state index contributed by atoms with van der Waals surface area (Å²) in [4.78, 5) is 0. The zero-order valence-corrected chi connectivity index (χ0v) is 8.11. The maximum atomic E-state index is 10.7. The van der Waals surface area contributed by atoms with E-state index >= 15 is 0 Å². The van der Waals surface area contributed by atoms with Crippen molar-refractivity contribution in [2.24, 2.45) is 0 Å². The molecule has 1 unspecified atom stereocenters. The first-order chi connectivity index (χ1) is 6.54. The summed E-state index contributed by atoms with van der Waals surface area (Å²) in [7, 11) is -4.27. The van der Waals surface area contributed by atoms with Crippen LogP contribution in [0.3, 0.4) is 0 Å². The zero-order valence-electron chi connectivity index (χ0n) is 7.29. The van der Waals surface area contributed by atoms with Crippen molar-refractivity contribution < 1.29 is 13.0 Å². The fourth-order valence-electron chi connectivity index (χ4n) is 1.05. The van der Waals surface area contributed by atoms with Crippen molar-refractivity contribution in [3.63, 3.8) is 0 Å². The van der Waals surface area contributed by atoms with Gasteiger partial charge in [-0.2, -0.15) is 13.7 Å². The molecule has 1 aromatic rings. The molecule has 0 heterocycles. The molecule has 1 atom stereocenters. The van der Waals surface area contributed by atoms with Gasteiger partial charge < -0.3 is 0 Å². The standard InChI is InChI=1S/C9H9NO3S.Na.H/c10-7-9(14(11,12)13)6-8-4-2-1-3-5-8;;/h1-5,9H,6H2,(H,11,12,13);;. The SMILES string of the molecule is N#CC(Cc1ccccc1)S(=O)(=O)O.[NaH]. The summed E-state index contributed by atoms with van der Waals surface area (Å²) in [5.41, 5.74) is 0.705. The van der Waals surface area contributed by atoms with E-state index in [0.29, 0.717) is 5.56 Å². The van der Waals surface area contributed by atoms with Crippen LogP contribution in [0, 0.1) is 11.3 Å². The minimum absolute atomic E-state index is 0. The molecular weight excluding hydrogens is 225 g/mol. The average molecular weight is 235 g/mol. The van der Waals surface area contributed by atoms with E-state index in [4.69, 9.17) is 9.81 Å². The molecule has 76 valence electrons. The molecule has 0 aliphatic carbocycles. The Morgan fingerprint density at radius 1 is 1.33 bits per heavy atom. The van der Waals surface area contributed by atoms with E-state index in [-0.39, 0.29) is 36.0 Å². The molecular formula is C9H10NNaO3S. The van der Waals surface area contributed by atoms with Crippen LogP contribution in [-0.4, -0.2) is 47.8 Å². The van der Waals surface area contributed by atoms with Crippen molar-refractivity contribution in [2.75, 3.05) is 0 Å². The third-order valence-corrected chi connectivity index (χ3v) is 2.76. The number of benzene rings is 1. The van der Waals surface area contributed by atoms with Crippen molar-refractivity contribution in [3.05, 3.63) is 35.9 Å². The Hall–Kier alpha value is -0.380. The summed E-state index contributed by atoms with van der Waals surface area (Å²) >= 11 is 0. The molecule has 0 radical (unpaired) electrons. The first kappa shape index (κ1) is 14.6. The molecule has 0 aliphatic heterocycles. The Morgan fingerprint density at radius 3 is 2.27 bits per heavy atom. The van der Waals surface area contributed by atoms with Crippen LogP contribution in [0.4, 0.5) is 0 Å². The summed E-state index contributed by atoms with van der Waals surface area (Å²) in [6, 6.07) is 10.2. The molecule has 0 fully saturated rings. The molecule has 15 heavy (non-hydrogen) atoms. The van der Waals surface area contributed by atoms with Crippen LogP contribution in [0.2, 0.25) is 0 Å². The Balaban J connectivity index is 0.00000196. The van der Waals surface area contributed by atoms with Gasteiger partial charge in [0.1, 0.15) is 0 Å². The first-order valence-electron chi connectivity index (χ1n) is 3.94. The molecule has 0 amide bonds. The van der Waals surface area contributed by atoms with Gasteiger partial charge in [-0.25, -0.2) is 0 Å². The van der Waals surface area contributed by atoms with Crippen molar-refractivity contribution in [1.82, 2.24) is 0 Å². The molecule has 0 saturated heterocycles. The van der Waals surface area contributed by atoms with Gasteiger partial charge in [-0.1, -0.05) is 30.3 Å². The number of rotatable bonds is 3. The van der Waals surface area contributed by atoms with Gasteiger partial charge in [-0.15, -0.1) is 0 Å². The Labute approximate surface area is 111 Å². The maximum absolute atomic E-state index is 10.7. The van der Waals surface area contributed by atoms with E-state index in [9.17, 15) is 8.42 Å². The average Bonchev–Trinajstić information content (AvgIpc) is 2.14. The van der Waals surface area contributed by atoms with E-state index in [2.05, 4.69) is 0 Å². The minimum atomic E-state index is -4.27. The normalized spacial score (nSPS) is 12.3. The zero-order chi connectivity index (χ0) is 10.6. The van der Waals surface area contributed by atoms with E-state index in [1.165, 1.54) is 0 Å². The second-order valence-electron chi connectivity index (χ2n) is 2.82. The van der Waals surface area contributed by atoms with E-state index in [1.807, 2.05) is 0 Å². The molecule has 0 aromatic heterocycles. The molecule has 1 N–H and O–H groups in total. The molecule has 4 nitrogen and oxygen atoms in total. The van der Waals surface area contributed by atoms with Crippen LogP contribution >= 0.6 is 0 Å². The van der Waals surface area contributed by atoms with Gasteiger partial charge in [-0.3, -0.25) is 4.55 Å². The molecule has 1 rings (SSSR count). The van der Waals surface area contributed by atoms with Crippen LogP contribution < -0.4 is 0 Å². The first-order valence-corrected chi connectivity index (χ1v) is 5.44. The van der Waals surface area contributed by atoms with Crippen LogP contribution in [-0.2, 0) is 16.5 Å². The second-order valence-corrected chi connectivity index (χ2v) is 4.42.